The molecule has 2 aromatic rings. The normalized spacial score (nSPS) is 14.9. The van der Waals surface area contributed by atoms with E-state index in [4.69, 9.17) is 0 Å². The van der Waals surface area contributed by atoms with Gasteiger partial charge in [0.15, 0.2) is 0 Å². The molecule has 0 atom stereocenters. The van der Waals surface area contributed by atoms with Crippen molar-refractivity contribution in [2.45, 2.75) is 43.0 Å². The average Bonchev–Trinajstić information content (AvgIpc) is 2.83. The van der Waals surface area contributed by atoms with E-state index in [1.165, 1.54) is 38.4 Å². The molecule has 0 bridgehead atoms. The molecular weight excluding hydrogens is 504 g/mol. The molecule has 36 heavy (non-hydrogen) atoms. The Morgan fingerprint density at radius 2 is 1.53 bits per heavy atom. The number of hydrogen-bond acceptors (Lipinski definition) is 6. The van der Waals surface area contributed by atoms with Gasteiger partial charge in [0.05, 0.1) is 28.1 Å². The molecule has 0 radical (unpaired) electrons. The maximum absolute atomic E-state index is 12.9. The highest BCUT2D eigenvalue weighted by molar-refractivity contribution is 7.92. The zero-order valence-corrected chi connectivity index (χ0v) is 22.2. The van der Waals surface area contributed by atoms with E-state index in [0.717, 1.165) is 47.0 Å². The summed E-state index contributed by atoms with van der Waals surface area (Å²) >= 11 is 0. The molecule has 1 fully saturated rings. The van der Waals surface area contributed by atoms with Crippen molar-refractivity contribution in [1.82, 2.24) is 9.62 Å². The fourth-order valence-corrected chi connectivity index (χ4v) is 5.77. The number of amides is 2. The highest BCUT2D eigenvalue weighted by Crippen LogP contribution is 2.23. The van der Waals surface area contributed by atoms with E-state index in [2.05, 4.69) is 10.6 Å². The van der Waals surface area contributed by atoms with Crippen LogP contribution in [0.2, 0.25) is 0 Å². The smallest absolute Gasteiger partial charge is 0.253 e. The fraction of sp³-hybridized carbons (Fsp3) is 0.417. The van der Waals surface area contributed by atoms with Crippen LogP contribution < -0.4 is 14.9 Å². The zero-order valence-electron chi connectivity index (χ0n) is 20.6. The lowest BCUT2D eigenvalue weighted by atomic mass is 9.95. The third-order valence-corrected chi connectivity index (χ3v) is 8.95. The molecule has 196 valence electrons. The van der Waals surface area contributed by atoms with Gasteiger partial charge in [-0.25, -0.2) is 21.1 Å². The number of nitrogens with zero attached hydrogens (tertiary/aromatic N) is 2. The summed E-state index contributed by atoms with van der Waals surface area (Å²) < 4.78 is 51.4. The van der Waals surface area contributed by atoms with Crippen molar-refractivity contribution in [3.8, 4) is 0 Å². The monoisotopic (exact) mass is 536 g/mol. The van der Waals surface area contributed by atoms with Gasteiger partial charge in [-0.1, -0.05) is 31.4 Å². The van der Waals surface area contributed by atoms with E-state index < -0.39 is 32.5 Å². The molecule has 0 spiro atoms. The van der Waals surface area contributed by atoms with Crippen molar-refractivity contribution < 1.29 is 26.4 Å². The van der Waals surface area contributed by atoms with Gasteiger partial charge in [0.2, 0.25) is 26.0 Å². The molecule has 0 heterocycles. The van der Waals surface area contributed by atoms with Gasteiger partial charge in [-0.15, -0.1) is 0 Å². The van der Waals surface area contributed by atoms with Crippen molar-refractivity contribution in [1.29, 1.82) is 0 Å². The summed E-state index contributed by atoms with van der Waals surface area (Å²) in [5, 5.41) is 5.66. The Bertz CT molecular complexity index is 1300. The number of carbonyl (C=O) groups is 2. The van der Waals surface area contributed by atoms with Crippen LogP contribution >= 0.6 is 0 Å². The largest absolute Gasteiger partial charge is 0.349 e. The van der Waals surface area contributed by atoms with Crippen LogP contribution in [0.3, 0.4) is 0 Å². The van der Waals surface area contributed by atoms with Gasteiger partial charge in [-0.3, -0.25) is 13.9 Å². The number of carbonyl (C=O) groups excluding carboxylic acids is 2. The first kappa shape index (κ1) is 27.6. The number of rotatable bonds is 9. The van der Waals surface area contributed by atoms with Gasteiger partial charge < -0.3 is 10.6 Å². The third-order valence-electron chi connectivity index (χ3n) is 5.98. The van der Waals surface area contributed by atoms with E-state index in [9.17, 15) is 26.4 Å². The van der Waals surface area contributed by atoms with Crippen molar-refractivity contribution in [2.75, 3.05) is 36.5 Å². The lowest BCUT2D eigenvalue weighted by molar-refractivity contribution is -0.114. The first-order chi connectivity index (χ1) is 16.9. The Labute approximate surface area is 212 Å². The maximum Gasteiger partial charge on any atom is 0.253 e. The van der Waals surface area contributed by atoms with Crippen molar-refractivity contribution in [3.05, 3.63) is 54.1 Å². The minimum Gasteiger partial charge on any atom is -0.349 e. The molecule has 0 unspecified atom stereocenters. The Hall–Kier alpha value is -2.96. The lowest BCUT2D eigenvalue weighted by Gasteiger charge is -2.24. The predicted molar refractivity (Wildman–Crippen MR) is 139 cm³/mol. The molecule has 2 amide bonds. The second-order valence-electron chi connectivity index (χ2n) is 8.95. The third kappa shape index (κ3) is 6.83. The first-order valence-corrected chi connectivity index (χ1v) is 14.9. The number of nitrogens with one attached hydrogen (secondary N) is 2. The van der Waals surface area contributed by atoms with Crippen LogP contribution in [-0.2, 0) is 24.8 Å². The SMILES string of the molecule is CN(C)S(=O)(=O)c1ccc(N(CC(=O)Nc2ccccc2C(=O)NC2CCCCC2)S(C)(=O)=O)cc1. The summed E-state index contributed by atoms with van der Waals surface area (Å²) in [5.74, 6) is -0.946. The van der Waals surface area contributed by atoms with Crippen LogP contribution in [-0.4, -0.2) is 65.9 Å². The van der Waals surface area contributed by atoms with Crippen LogP contribution in [0, 0.1) is 0 Å². The Morgan fingerprint density at radius 1 is 0.917 bits per heavy atom. The van der Waals surface area contributed by atoms with E-state index in [1.807, 2.05) is 0 Å². The molecule has 0 aliphatic heterocycles. The quantitative estimate of drug-likeness (QED) is 0.506. The molecule has 3 rings (SSSR count). The predicted octanol–water partition coefficient (Wildman–Crippen LogP) is 2.40. The van der Waals surface area contributed by atoms with Gasteiger partial charge in [0.25, 0.3) is 5.91 Å². The van der Waals surface area contributed by atoms with Crippen LogP contribution in [0.25, 0.3) is 0 Å². The Balaban J connectivity index is 1.77. The van der Waals surface area contributed by atoms with E-state index in [1.54, 1.807) is 24.3 Å². The molecule has 1 aliphatic carbocycles. The molecule has 1 saturated carbocycles. The molecule has 1 aliphatic rings. The second kappa shape index (κ2) is 11.4. The van der Waals surface area contributed by atoms with Crippen LogP contribution in [0.1, 0.15) is 42.5 Å². The van der Waals surface area contributed by atoms with E-state index in [0.29, 0.717) is 5.56 Å². The highest BCUT2D eigenvalue weighted by atomic mass is 32.2. The topological polar surface area (TPSA) is 133 Å². The van der Waals surface area contributed by atoms with Gasteiger partial charge in [0, 0.05) is 20.1 Å². The maximum atomic E-state index is 12.9. The summed E-state index contributed by atoms with van der Waals surface area (Å²) in [5.41, 5.74) is 0.700. The van der Waals surface area contributed by atoms with Gasteiger partial charge in [-0.2, -0.15) is 0 Å². The number of sulfonamides is 2. The molecule has 10 nitrogen and oxygen atoms in total. The average molecular weight is 537 g/mol. The van der Waals surface area contributed by atoms with Crippen molar-refractivity contribution >= 4 is 43.2 Å². The number of anilines is 2. The standard InChI is InChI=1S/C24H32N4O6S2/c1-27(2)36(33,34)20-15-13-19(14-16-20)28(35(3,31)32)17-23(29)26-22-12-8-7-11-21(22)24(30)25-18-9-5-4-6-10-18/h7-8,11-16,18H,4-6,9-10,17H2,1-3H3,(H,25,30)(H,26,29). The van der Waals surface area contributed by atoms with Crippen molar-refractivity contribution in [3.63, 3.8) is 0 Å². The Morgan fingerprint density at radius 3 is 2.11 bits per heavy atom. The molecule has 2 aromatic carbocycles. The summed E-state index contributed by atoms with van der Waals surface area (Å²) in [7, 11) is -4.79. The van der Waals surface area contributed by atoms with Gasteiger partial charge in [0.1, 0.15) is 6.54 Å². The zero-order chi connectivity index (χ0) is 26.5. The summed E-state index contributed by atoms with van der Waals surface area (Å²) in [6.07, 6.45) is 6.07. The first-order valence-electron chi connectivity index (χ1n) is 11.6. The number of para-hydroxylation sites is 1. The second-order valence-corrected chi connectivity index (χ2v) is 13.0. The molecular formula is C24H32N4O6S2. The molecule has 2 N–H and O–H groups in total. The Kier molecular flexibility index (Phi) is 8.75. The van der Waals surface area contributed by atoms with Gasteiger partial charge >= 0.3 is 0 Å². The molecule has 0 aromatic heterocycles. The molecule has 12 heteroatoms. The summed E-state index contributed by atoms with van der Waals surface area (Å²) in [6.45, 7) is -0.558. The van der Waals surface area contributed by atoms with Crippen LogP contribution in [0.15, 0.2) is 53.4 Å². The van der Waals surface area contributed by atoms with Crippen LogP contribution in [0.4, 0.5) is 11.4 Å². The van der Waals surface area contributed by atoms with Crippen LogP contribution in [0.5, 0.6) is 0 Å². The summed E-state index contributed by atoms with van der Waals surface area (Å²) in [4.78, 5) is 25.7. The van der Waals surface area contributed by atoms with E-state index in [-0.39, 0.29) is 28.2 Å². The minimum atomic E-state index is -3.88. The highest BCUT2D eigenvalue weighted by Gasteiger charge is 2.24. The van der Waals surface area contributed by atoms with Crippen molar-refractivity contribution in [2.24, 2.45) is 0 Å². The summed E-state index contributed by atoms with van der Waals surface area (Å²) in [6, 6.07) is 11.9. The molecule has 0 saturated heterocycles. The van der Waals surface area contributed by atoms with Gasteiger partial charge in [-0.05, 0) is 49.2 Å². The van der Waals surface area contributed by atoms with E-state index >= 15 is 0 Å². The number of hydrogen-bond donors (Lipinski definition) is 2. The lowest BCUT2D eigenvalue weighted by Crippen LogP contribution is -2.38. The fourth-order valence-electron chi connectivity index (χ4n) is 4.02. The minimum absolute atomic E-state index is 0.00735. The number of benzene rings is 2.